The normalized spacial score (nSPS) is 22.4. The predicted molar refractivity (Wildman–Crippen MR) is 95.6 cm³/mol. The van der Waals surface area contributed by atoms with Crippen LogP contribution in [-0.2, 0) is 17.6 Å². The standard InChI is InChI=1S/C19H27N3O3/c1-3-22(12-18(23)24)17-10-15(11-17)20-19(25)21(2)16-8-13-6-4-5-7-14(13)9-16/h4-7,15-17H,3,8-12H2,1-2H3,(H,20,25)(H,23,24). The van der Waals surface area contributed by atoms with Gasteiger partial charge < -0.3 is 15.3 Å². The lowest BCUT2D eigenvalue weighted by atomic mass is 9.85. The Bertz CT molecular complexity index is 618. The highest BCUT2D eigenvalue weighted by molar-refractivity contribution is 5.75. The molecule has 0 radical (unpaired) electrons. The van der Waals surface area contributed by atoms with Crippen molar-refractivity contribution < 1.29 is 14.7 Å². The number of amides is 2. The smallest absolute Gasteiger partial charge is 0.317 e. The first-order chi connectivity index (χ1) is 12.0. The maximum Gasteiger partial charge on any atom is 0.317 e. The zero-order chi connectivity index (χ0) is 18.0. The van der Waals surface area contributed by atoms with Crippen molar-refractivity contribution in [2.45, 2.75) is 50.7 Å². The van der Waals surface area contributed by atoms with Gasteiger partial charge in [-0.05, 0) is 43.4 Å². The van der Waals surface area contributed by atoms with Crippen molar-refractivity contribution in [1.82, 2.24) is 15.1 Å². The number of nitrogens with zero attached hydrogens (tertiary/aromatic N) is 2. The average molecular weight is 345 g/mol. The maximum absolute atomic E-state index is 12.5. The van der Waals surface area contributed by atoms with Gasteiger partial charge in [0.15, 0.2) is 0 Å². The van der Waals surface area contributed by atoms with Crippen LogP contribution in [0.15, 0.2) is 24.3 Å². The fourth-order valence-electron chi connectivity index (χ4n) is 3.93. The number of rotatable bonds is 6. The molecular formula is C19H27N3O3. The molecule has 0 bridgehead atoms. The Labute approximate surface area is 148 Å². The third kappa shape index (κ3) is 3.95. The highest BCUT2D eigenvalue weighted by Crippen LogP contribution is 2.27. The maximum atomic E-state index is 12.5. The van der Waals surface area contributed by atoms with Crippen molar-refractivity contribution in [3.8, 4) is 0 Å². The number of benzene rings is 1. The van der Waals surface area contributed by atoms with E-state index in [9.17, 15) is 9.59 Å². The molecular weight excluding hydrogens is 318 g/mol. The largest absolute Gasteiger partial charge is 0.480 e. The summed E-state index contributed by atoms with van der Waals surface area (Å²) in [5.41, 5.74) is 2.67. The first-order valence-corrected chi connectivity index (χ1v) is 9.03. The SMILES string of the molecule is CCN(CC(=O)O)C1CC(NC(=O)N(C)C2Cc3ccccc3C2)C1. The molecule has 0 atom stereocenters. The van der Waals surface area contributed by atoms with E-state index in [1.54, 1.807) is 0 Å². The van der Waals surface area contributed by atoms with Gasteiger partial charge in [-0.3, -0.25) is 9.69 Å². The summed E-state index contributed by atoms with van der Waals surface area (Å²) in [6, 6.07) is 8.96. The highest BCUT2D eigenvalue weighted by atomic mass is 16.4. The van der Waals surface area contributed by atoms with Crippen molar-refractivity contribution >= 4 is 12.0 Å². The number of urea groups is 1. The molecule has 2 aliphatic carbocycles. The minimum absolute atomic E-state index is 0.0254. The van der Waals surface area contributed by atoms with Crippen LogP contribution in [0.3, 0.4) is 0 Å². The molecule has 0 aliphatic heterocycles. The molecule has 1 aromatic rings. The molecule has 6 heteroatoms. The highest BCUT2D eigenvalue weighted by Gasteiger charge is 2.36. The van der Waals surface area contributed by atoms with E-state index in [1.165, 1.54) is 11.1 Å². The summed E-state index contributed by atoms with van der Waals surface area (Å²) >= 11 is 0. The predicted octanol–water partition coefficient (Wildman–Crippen LogP) is 1.73. The first-order valence-electron chi connectivity index (χ1n) is 9.03. The summed E-state index contributed by atoms with van der Waals surface area (Å²) < 4.78 is 0. The van der Waals surface area contributed by atoms with Gasteiger partial charge in [0.05, 0.1) is 6.54 Å². The molecule has 1 saturated carbocycles. The van der Waals surface area contributed by atoms with Gasteiger partial charge in [0.25, 0.3) is 0 Å². The third-order valence-corrected chi connectivity index (χ3v) is 5.60. The van der Waals surface area contributed by atoms with Crippen LogP contribution in [0.2, 0.25) is 0 Å². The molecule has 1 fully saturated rings. The molecule has 3 rings (SSSR count). The van der Waals surface area contributed by atoms with Gasteiger partial charge in [-0.15, -0.1) is 0 Å². The Morgan fingerprint density at radius 2 is 1.76 bits per heavy atom. The molecule has 2 amide bonds. The molecule has 1 aromatic carbocycles. The van der Waals surface area contributed by atoms with Crippen LogP contribution in [0, 0.1) is 0 Å². The second-order valence-corrected chi connectivity index (χ2v) is 7.17. The minimum Gasteiger partial charge on any atom is -0.480 e. The monoisotopic (exact) mass is 345 g/mol. The number of carboxylic acid groups (broad SMARTS) is 1. The number of nitrogens with one attached hydrogen (secondary N) is 1. The number of aliphatic carboxylic acids is 1. The topological polar surface area (TPSA) is 72.9 Å². The number of fused-ring (bicyclic) bond motifs is 1. The van der Waals surface area contributed by atoms with Crippen molar-refractivity contribution in [3.63, 3.8) is 0 Å². The lowest BCUT2D eigenvalue weighted by molar-refractivity contribution is -0.139. The van der Waals surface area contributed by atoms with E-state index in [-0.39, 0.29) is 30.7 Å². The van der Waals surface area contributed by atoms with Crippen molar-refractivity contribution in [2.75, 3.05) is 20.1 Å². The first kappa shape index (κ1) is 17.7. The van der Waals surface area contributed by atoms with E-state index in [0.717, 1.165) is 32.2 Å². The van der Waals surface area contributed by atoms with Gasteiger partial charge in [0.2, 0.25) is 0 Å². The molecule has 0 spiro atoms. The quantitative estimate of drug-likeness (QED) is 0.824. The van der Waals surface area contributed by atoms with Gasteiger partial charge in [-0.25, -0.2) is 4.79 Å². The number of carboxylic acids is 1. The van der Waals surface area contributed by atoms with Gasteiger partial charge in [-0.1, -0.05) is 31.2 Å². The molecule has 0 saturated heterocycles. The summed E-state index contributed by atoms with van der Waals surface area (Å²) in [6.45, 7) is 2.76. The van der Waals surface area contributed by atoms with E-state index in [2.05, 4.69) is 17.4 Å². The van der Waals surface area contributed by atoms with Gasteiger partial charge in [-0.2, -0.15) is 0 Å². The lowest BCUT2D eigenvalue weighted by Gasteiger charge is -2.43. The number of carbonyl (C=O) groups is 2. The van der Waals surface area contributed by atoms with Crippen LogP contribution < -0.4 is 5.32 Å². The Kier molecular flexibility index (Phi) is 5.27. The van der Waals surface area contributed by atoms with Crippen LogP contribution in [0.5, 0.6) is 0 Å². The Morgan fingerprint density at radius 3 is 2.28 bits per heavy atom. The van der Waals surface area contributed by atoms with Crippen molar-refractivity contribution in [3.05, 3.63) is 35.4 Å². The fourth-order valence-corrected chi connectivity index (χ4v) is 3.93. The molecule has 6 nitrogen and oxygen atoms in total. The van der Waals surface area contributed by atoms with E-state index in [4.69, 9.17) is 5.11 Å². The average Bonchev–Trinajstić information content (AvgIpc) is 2.98. The van der Waals surface area contributed by atoms with E-state index >= 15 is 0 Å². The fraction of sp³-hybridized carbons (Fsp3) is 0.579. The van der Waals surface area contributed by atoms with Gasteiger partial charge in [0, 0.05) is 25.2 Å². The lowest BCUT2D eigenvalue weighted by Crippen LogP contribution is -2.57. The second-order valence-electron chi connectivity index (χ2n) is 7.17. The van der Waals surface area contributed by atoms with Crippen molar-refractivity contribution in [2.24, 2.45) is 0 Å². The molecule has 25 heavy (non-hydrogen) atoms. The molecule has 0 unspecified atom stereocenters. The van der Waals surface area contributed by atoms with Crippen LogP contribution in [-0.4, -0.2) is 65.2 Å². The summed E-state index contributed by atoms with van der Waals surface area (Å²) in [4.78, 5) is 27.2. The molecule has 0 heterocycles. The van der Waals surface area contributed by atoms with E-state index in [0.29, 0.717) is 0 Å². The number of likely N-dealkylation sites (N-methyl/N-ethyl adjacent to an activating group) is 2. The number of hydrogen-bond donors (Lipinski definition) is 2. The molecule has 136 valence electrons. The molecule has 2 N–H and O–H groups in total. The van der Waals surface area contributed by atoms with Crippen LogP contribution in [0.25, 0.3) is 0 Å². The van der Waals surface area contributed by atoms with Gasteiger partial charge >= 0.3 is 12.0 Å². The van der Waals surface area contributed by atoms with Crippen LogP contribution in [0.1, 0.15) is 30.9 Å². The Hall–Kier alpha value is -2.08. The zero-order valence-corrected chi connectivity index (χ0v) is 14.9. The van der Waals surface area contributed by atoms with Crippen molar-refractivity contribution in [1.29, 1.82) is 0 Å². The van der Waals surface area contributed by atoms with E-state index < -0.39 is 5.97 Å². The third-order valence-electron chi connectivity index (χ3n) is 5.60. The van der Waals surface area contributed by atoms with Crippen LogP contribution in [0.4, 0.5) is 4.79 Å². The summed E-state index contributed by atoms with van der Waals surface area (Å²) in [5.74, 6) is -0.796. The summed E-state index contributed by atoms with van der Waals surface area (Å²) in [6.07, 6.45) is 3.47. The Morgan fingerprint density at radius 1 is 1.16 bits per heavy atom. The minimum atomic E-state index is -0.796. The van der Waals surface area contributed by atoms with Crippen LogP contribution >= 0.6 is 0 Å². The molecule has 2 aliphatic rings. The summed E-state index contributed by atoms with van der Waals surface area (Å²) in [5, 5.41) is 12.0. The number of hydrogen-bond acceptors (Lipinski definition) is 3. The summed E-state index contributed by atoms with van der Waals surface area (Å²) in [7, 11) is 1.87. The zero-order valence-electron chi connectivity index (χ0n) is 14.9. The van der Waals surface area contributed by atoms with Gasteiger partial charge in [0.1, 0.15) is 0 Å². The number of carbonyl (C=O) groups excluding carboxylic acids is 1. The second kappa shape index (κ2) is 7.44. The van der Waals surface area contributed by atoms with E-state index in [1.807, 2.05) is 35.9 Å². The Balaban J connectivity index is 1.45. The molecule has 0 aromatic heterocycles.